The van der Waals surface area contributed by atoms with Gasteiger partial charge in [0.05, 0.1) is 5.69 Å². The highest BCUT2D eigenvalue weighted by Crippen LogP contribution is 2.31. The highest BCUT2D eigenvalue weighted by Gasteiger charge is 2.27. The van der Waals surface area contributed by atoms with Gasteiger partial charge in [-0.25, -0.2) is 0 Å². The fourth-order valence-electron chi connectivity index (χ4n) is 3.59. The van der Waals surface area contributed by atoms with Crippen LogP contribution < -0.4 is 5.32 Å². The van der Waals surface area contributed by atoms with Gasteiger partial charge in [-0.15, -0.1) is 0 Å². The average Bonchev–Trinajstić information content (AvgIpc) is 2.67. The summed E-state index contributed by atoms with van der Waals surface area (Å²) in [5.74, 6) is 1.73. The first-order valence-corrected chi connectivity index (χ1v) is 7.83. The van der Waals surface area contributed by atoms with Gasteiger partial charge in [-0.2, -0.15) is 5.10 Å². The summed E-state index contributed by atoms with van der Waals surface area (Å²) in [6, 6.07) is 2.85. The van der Waals surface area contributed by atoms with Crippen molar-refractivity contribution in [1.82, 2.24) is 15.1 Å². The molecule has 0 bridgehead atoms. The molecule has 3 unspecified atom stereocenters. The number of hydrogen-bond acceptors (Lipinski definition) is 2. The molecule has 1 aliphatic carbocycles. The lowest BCUT2D eigenvalue weighted by molar-refractivity contribution is 0.221. The number of aryl methyl sites for hydroxylation is 2. The van der Waals surface area contributed by atoms with Crippen molar-refractivity contribution >= 4 is 0 Å². The Morgan fingerprint density at radius 3 is 2.84 bits per heavy atom. The van der Waals surface area contributed by atoms with E-state index in [0.717, 1.165) is 30.5 Å². The van der Waals surface area contributed by atoms with Gasteiger partial charge in [0.25, 0.3) is 0 Å². The fourth-order valence-corrected chi connectivity index (χ4v) is 3.59. The number of nitrogens with zero attached hydrogens (tertiary/aromatic N) is 2. The Labute approximate surface area is 117 Å². The molecule has 0 amide bonds. The molecule has 1 aromatic heterocycles. The first-order valence-electron chi connectivity index (χ1n) is 7.83. The summed E-state index contributed by atoms with van der Waals surface area (Å²) < 4.78 is 2.05. The molecular formula is C16H29N3. The largest absolute Gasteiger partial charge is 0.314 e. The molecule has 0 spiro atoms. The Morgan fingerprint density at radius 2 is 2.26 bits per heavy atom. The SMILES string of the molecule is CCNC(Cc1cc(C)nn1C)C1CCCC(C)C1. The summed E-state index contributed by atoms with van der Waals surface area (Å²) in [7, 11) is 2.06. The zero-order chi connectivity index (χ0) is 13.8. The Kier molecular flexibility index (Phi) is 5.03. The minimum Gasteiger partial charge on any atom is -0.314 e. The van der Waals surface area contributed by atoms with E-state index in [1.807, 2.05) is 4.68 Å². The van der Waals surface area contributed by atoms with Gasteiger partial charge in [0.2, 0.25) is 0 Å². The number of aromatic nitrogens is 2. The van der Waals surface area contributed by atoms with Gasteiger partial charge in [0, 0.05) is 25.2 Å². The first-order chi connectivity index (χ1) is 9.10. The van der Waals surface area contributed by atoms with Crippen molar-refractivity contribution in [3.05, 3.63) is 17.5 Å². The van der Waals surface area contributed by atoms with Crippen molar-refractivity contribution in [2.45, 2.75) is 58.9 Å². The predicted molar refractivity (Wildman–Crippen MR) is 80.2 cm³/mol. The van der Waals surface area contributed by atoms with Gasteiger partial charge in [0.1, 0.15) is 0 Å². The van der Waals surface area contributed by atoms with Crippen LogP contribution in [-0.2, 0) is 13.5 Å². The van der Waals surface area contributed by atoms with Gasteiger partial charge < -0.3 is 5.32 Å². The number of nitrogens with one attached hydrogen (secondary N) is 1. The number of likely N-dealkylation sites (N-methyl/N-ethyl adjacent to an activating group) is 1. The van der Waals surface area contributed by atoms with Crippen molar-refractivity contribution in [2.24, 2.45) is 18.9 Å². The second-order valence-electron chi connectivity index (χ2n) is 6.30. The molecule has 3 atom stereocenters. The summed E-state index contributed by atoms with van der Waals surface area (Å²) in [5, 5.41) is 8.19. The third kappa shape index (κ3) is 3.82. The Hall–Kier alpha value is -0.830. The Bertz CT molecular complexity index is 397. The molecule has 0 aliphatic heterocycles. The molecule has 3 heteroatoms. The van der Waals surface area contributed by atoms with Crippen LogP contribution in [-0.4, -0.2) is 22.4 Å². The van der Waals surface area contributed by atoms with Crippen molar-refractivity contribution in [1.29, 1.82) is 0 Å². The average molecular weight is 263 g/mol. The van der Waals surface area contributed by atoms with E-state index in [-0.39, 0.29) is 0 Å². The Balaban J connectivity index is 2.04. The second-order valence-corrected chi connectivity index (χ2v) is 6.30. The van der Waals surface area contributed by atoms with E-state index < -0.39 is 0 Å². The lowest BCUT2D eigenvalue weighted by Crippen LogP contribution is -2.40. The van der Waals surface area contributed by atoms with E-state index in [1.165, 1.54) is 31.4 Å². The smallest absolute Gasteiger partial charge is 0.0596 e. The quantitative estimate of drug-likeness (QED) is 0.885. The van der Waals surface area contributed by atoms with Crippen molar-refractivity contribution in [3.63, 3.8) is 0 Å². The van der Waals surface area contributed by atoms with Crippen LogP contribution in [0.3, 0.4) is 0 Å². The third-order valence-electron chi connectivity index (χ3n) is 4.54. The minimum atomic E-state index is 0.613. The van der Waals surface area contributed by atoms with Crippen LogP contribution in [0.25, 0.3) is 0 Å². The topological polar surface area (TPSA) is 29.9 Å². The molecule has 3 nitrogen and oxygen atoms in total. The van der Waals surface area contributed by atoms with Gasteiger partial charge in [-0.05, 0) is 44.2 Å². The molecule has 1 aromatic rings. The summed E-state index contributed by atoms with van der Waals surface area (Å²) in [5.41, 5.74) is 2.49. The monoisotopic (exact) mass is 263 g/mol. The number of rotatable bonds is 5. The lowest BCUT2D eigenvalue weighted by Gasteiger charge is -2.33. The maximum atomic E-state index is 4.47. The van der Waals surface area contributed by atoms with Gasteiger partial charge in [-0.1, -0.05) is 26.7 Å². The summed E-state index contributed by atoms with van der Waals surface area (Å²) in [6.45, 7) is 7.76. The Morgan fingerprint density at radius 1 is 1.47 bits per heavy atom. The standard InChI is InChI=1S/C16H29N3/c1-5-17-16(14-8-6-7-12(2)9-14)11-15-10-13(3)18-19(15)4/h10,12,14,16-17H,5-9,11H2,1-4H3. The molecule has 0 aromatic carbocycles. The molecule has 0 saturated heterocycles. The highest BCUT2D eigenvalue weighted by molar-refractivity contribution is 5.10. The summed E-state index contributed by atoms with van der Waals surface area (Å²) in [4.78, 5) is 0. The molecule has 1 N–H and O–H groups in total. The van der Waals surface area contributed by atoms with Crippen molar-refractivity contribution in [2.75, 3.05) is 6.54 Å². The van der Waals surface area contributed by atoms with E-state index in [0.29, 0.717) is 6.04 Å². The molecule has 0 radical (unpaired) electrons. The molecule has 1 saturated carbocycles. The molecule has 19 heavy (non-hydrogen) atoms. The third-order valence-corrected chi connectivity index (χ3v) is 4.54. The van der Waals surface area contributed by atoms with Gasteiger partial charge >= 0.3 is 0 Å². The van der Waals surface area contributed by atoms with E-state index in [1.54, 1.807) is 0 Å². The van der Waals surface area contributed by atoms with Crippen LogP contribution >= 0.6 is 0 Å². The van der Waals surface area contributed by atoms with Gasteiger partial charge in [-0.3, -0.25) is 4.68 Å². The predicted octanol–water partition coefficient (Wildman–Crippen LogP) is 3.08. The molecule has 1 heterocycles. The van der Waals surface area contributed by atoms with Crippen LogP contribution in [0.2, 0.25) is 0 Å². The summed E-state index contributed by atoms with van der Waals surface area (Å²) in [6.07, 6.45) is 6.70. The second kappa shape index (κ2) is 6.56. The number of hydrogen-bond donors (Lipinski definition) is 1. The van der Waals surface area contributed by atoms with Crippen LogP contribution in [0.15, 0.2) is 6.07 Å². The van der Waals surface area contributed by atoms with E-state index in [2.05, 4.69) is 44.3 Å². The van der Waals surface area contributed by atoms with Crippen molar-refractivity contribution in [3.8, 4) is 0 Å². The minimum absolute atomic E-state index is 0.613. The highest BCUT2D eigenvalue weighted by atomic mass is 15.3. The fraction of sp³-hybridized carbons (Fsp3) is 0.812. The van der Waals surface area contributed by atoms with Gasteiger partial charge in [0.15, 0.2) is 0 Å². The van der Waals surface area contributed by atoms with Crippen LogP contribution in [0, 0.1) is 18.8 Å². The normalized spacial score (nSPS) is 25.5. The van der Waals surface area contributed by atoms with E-state index in [9.17, 15) is 0 Å². The van der Waals surface area contributed by atoms with Crippen LogP contribution in [0.5, 0.6) is 0 Å². The first kappa shape index (κ1) is 14.6. The molecule has 2 rings (SSSR count). The maximum Gasteiger partial charge on any atom is 0.0596 e. The van der Waals surface area contributed by atoms with Crippen LogP contribution in [0.4, 0.5) is 0 Å². The molecule has 108 valence electrons. The zero-order valence-corrected chi connectivity index (χ0v) is 12.9. The molecule has 1 aliphatic rings. The van der Waals surface area contributed by atoms with Crippen LogP contribution in [0.1, 0.15) is 50.9 Å². The molecular weight excluding hydrogens is 234 g/mol. The maximum absolute atomic E-state index is 4.47. The van der Waals surface area contributed by atoms with E-state index in [4.69, 9.17) is 0 Å². The summed E-state index contributed by atoms with van der Waals surface area (Å²) >= 11 is 0. The lowest BCUT2D eigenvalue weighted by atomic mass is 9.77. The zero-order valence-electron chi connectivity index (χ0n) is 12.9. The van der Waals surface area contributed by atoms with Crippen molar-refractivity contribution < 1.29 is 0 Å². The van der Waals surface area contributed by atoms with E-state index >= 15 is 0 Å². The molecule has 1 fully saturated rings.